The lowest BCUT2D eigenvalue weighted by Gasteiger charge is -2.36. The summed E-state index contributed by atoms with van der Waals surface area (Å²) in [4.78, 5) is 0. The topological polar surface area (TPSA) is 0 Å². The molecule has 3 rings (SSSR count). The minimum atomic E-state index is 0.550. The van der Waals surface area contributed by atoms with Crippen molar-refractivity contribution in [3.63, 3.8) is 0 Å². The van der Waals surface area contributed by atoms with E-state index in [1.54, 1.807) is 0 Å². The highest BCUT2D eigenvalue weighted by Gasteiger charge is 2.29. The maximum atomic E-state index is 3.64. The second-order valence-electron chi connectivity index (χ2n) is 8.47. The first-order valence-electron chi connectivity index (χ1n) is 10.9. The zero-order valence-electron chi connectivity index (χ0n) is 16.7. The average molecular weight is 329 g/mol. The van der Waals surface area contributed by atoms with Crippen molar-refractivity contribution in [3.05, 3.63) is 12.2 Å². The molecule has 0 aromatic heterocycles. The van der Waals surface area contributed by atoms with Crippen molar-refractivity contribution in [2.75, 3.05) is 0 Å². The van der Waals surface area contributed by atoms with Crippen LogP contribution in [-0.2, 0) is 0 Å². The van der Waals surface area contributed by atoms with Crippen LogP contribution >= 0.6 is 0 Å². The fourth-order valence-corrected chi connectivity index (χ4v) is 4.80. The van der Waals surface area contributed by atoms with Crippen molar-refractivity contribution in [1.82, 2.24) is 0 Å². The van der Waals surface area contributed by atoms with Crippen LogP contribution in [0.1, 0.15) is 91.9 Å². The average Bonchev–Trinajstić information content (AvgIpc) is 2.64. The van der Waals surface area contributed by atoms with Crippen molar-refractivity contribution in [2.45, 2.75) is 91.9 Å². The van der Waals surface area contributed by atoms with Gasteiger partial charge in [0, 0.05) is 11.8 Å². The molecule has 0 heteroatoms. The van der Waals surface area contributed by atoms with Crippen LogP contribution in [0.4, 0.5) is 0 Å². The fourth-order valence-electron chi connectivity index (χ4n) is 4.80. The summed E-state index contributed by atoms with van der Waals surface area (Å²) in [5, 5.41) is 0. The van der Waals surface area contributed by atoms with E-state index >= 15 is 0 Å². The monoisotopic (exact) mass is 328 g/mol. The molecule has 136 valence electrons. The van der Waals surface area contributed by atoms with Gasteiger partial charge in [0.25, 0.3) is 0 Å². The summed E-state index contributed by atoms with van der Waals surface area (Å²) in [5.74, 6) is 12.3. The Morgan fingerprint density at radius 3 is 1.75 bits per heavy atom. The van der Waals surface area contributed by atoms with E-state index in [0.717, 1.165) is 23.7 Å². The van der Waals surface area contributed by atoms with Crippen LogP contribution in [-0.4, -0.2) is 0 Å². The van der Waals surface area contributed by atoms with E-state index in [1.165, 1.54) is 64.2 Å². The Balaban J connectivity index is 0.00000100. The zero-order valence-corrected chi connectivity index (χ0v) is 16.7. The van der Waals surface area contributed by atoms with Crippen LogP contribution in [0, 0.1) is 47.3 Å². The summed E-state index contributed by atoms with van der Waals surface area (Å²) in [6.07, 6.45) is 19.0. The molecule has 24 heavy (non-hydrogen) atoms. The molecule has 0 nitrogen and oxygen atoms in total. The lowest BCUT2D eigenvalue weighted by atomic mass is 9.69. The predicted molar refractivity (Wildman–Crippen MR) is 107 cm³/mol. The first-order valence-corrected chi connectivity index (χ1v) is 10.9. The molecular formula is C24H40. The lowest BCUT2D eigenvalue weighted by Crippen LogP contribution is -2.25. The Labute approximate surface area is 151 Å². The lowest BCUT2D eigenvalue weighted by molar-refractivity contribution is 0.162. The molecule has 3 aliphatic carbocycles. The maximum Gasteiger partial charge on any atom is 0.0383 e. The minimum Gasteiger partial charge on any atom is -0.0993 e. The van der Waals surface area contributed by atoms with Crippen LogP contribution in [0.15, 0.2) is 12.2 Å². The molecule has 2 saturated carbocycles. The molecule has 0 radical (unpaired) electrons. The van der Waals surface area contributed by atoms with Crippen molar-refractivity contribution < 1.29 is 0 Å². The third-order valence-corrected chi connectivity index (χ3v) is 6.58. The van der Waals surface area contributed by atoms with E-state index in [9.17, 15) is 0 Å². The molecule has 0 spiro atoms. The van der Waals surface area contributed by atoms with Gasteiger partial charge in [-0.1, -0.05) is 64.5 Å². The molecule has 0 saturated heterocycles. The molecular weight excluding hydrogens is 288 g/mol. The molecule has 2 atom stereocenters. The largest absolute Gasteiger partial charge is 0.0993 e. The van der Waals surface area contributed by atoms with Crippen molar-refractivity contribution in [2.24, 2.45) is 35.5 Å². The Bertz CT molecular complexity index is 419. The smallest absolute Gasteiger partial charge is 0.0383 e. The Kier molecular flexibility index (Phi) is 8.44. The van der Waals surface area contributed by atoms with Crippen LogP contribution in [0.25, 0.3) is 0 Å². The highest BCUT2D eigenvalue weighted by Crippen LogP contribution is 2.41. The molecule has 0 aromatic carbocycles. The molecule has 0 aliphatic heterocycles. The predicted octanol–water partition coefficient (Wildman–Crippen LogP) is 7.25. The third-order valence-electron chi connectivity index (χ3n) is 6.58. The van der Waals surface area contributed by atoms with Gasteiger partial charge in [-0.3, -0.25) is 0 Å². The molecule has 0 N–H and O–H groups in total. The number of hydrogen-bond donors (Lipinski definition) is 0. The van der Waals surface area contributed by atoms with Gasteiger partial charge in [-0.15, -0.1) is 0 Å². The van der Waals surface area contributed by atoms with Crippen LogP contribution in [0.3, 0.4) is 0 Å². The van der Waals surface area contributed by atoms with Gasteiger partial charge in [-0.2, -0.15) is 0 Å². The summed E-state index contributed by atoms with van der Waals surface area (Å²) in [7, 11) is 0. The van der Waals surface area contributed by atoms with Gasteiger partial charge in [0.15, 0.2) is 0 Å². The van der Waals surface area contributed by atoms with Gasteiger partial charge >= 0.3 is 0 Å². The van der Waals surface area contributed by atoms with Gasteiger partial charge in [0.05, 0.1) is 0 Å². The number of allylic oxidation sites excluding steroid dienone is 2. The third kappa shape index (κ3) is 5.98. The quantitative estimate of drug-likeness (QED) is 0.351. The van der Waals surface area contributed by atoms with Gasteiger partial charge in [0.2, 0.25) is 0 Å². The molecule has 3 aliphatic rings. The van der Waals surface area contributed by atoms with E-state index in [-0.39, 0.29) is 0 Å². The summed E-state index contributed by atoms with van der Waals surface area (Å²) >= 11 is 0. The van der Waals surface area contributed by atoms with Gasteiger partial charge in [0.1, 0.15) is 0 Å². The number of rotatable bonds is 1. The number of hydrogen-bond acceptors (Lipinski definition) is 0. The molecule has 0 heterocycles. The maximum absolute atomic E-state index is 3.64. The molecule has 2 fully saturated rings. The summed E-state index contributed by atoms with van der Waals surface area (Å²) in [5.41, 5.74) is 0. The van der Waals surface area contributed by atoms with Crippen molar-refractivity contribution >= 4 is 0 Å². The Morgan fingerprint density at radius 1 is 0.625 bits per heavy atom. The first kappa shape index (κ1) is 19.6. The van der Waals surface area contributed by atoms with Crippen LogP contribution in [0.5, 0.6) is 0 Å². The van der Waals surface area contributed by atoms with E-state index in [0.29, 0.717) is 11.8 Å². The van der Waals surface area contributed by atoms with E-state index in [4.69, 9.17) is 0 Å². The minimum absolute atomic E-state index is 0.550. The summed E-state index contributed by atoms with van der Waals surface area (Å²) in [6, 6.07) is 0. The van der Waals surface area contributed by atoms with E-state index < -0.39 is 0 Å². The highest BCUT2D eigenvalue weighted by molar-refractivity contribution is 5.15. The first-order chi connectivity index (χ1) is 11.7. The highest BCUT2D eigenvalue weighted by atomic mass is 14.3. The molecule has 0 amide bonds. The standard InChI is InChI=1S/C22H34.C2H6/c1-17-3-7-19(8-4-17)9-10-20-11-15-22(16-12-20)21-13-5-18(2)6-14-21;1-2/h3,7,17-22H,4-6,8,11-16H2,1-2H3;1-2H3. The van der Waals surface area contributed by atoms with Crippen LogP contribution < -0.4 is 0 Å². The SMILES string of the molecule is CC.CC1C=CC(C#CC2CCC(C3CCC(C)CC3)CC2)CC1. The van der Waals surface area contributed by atoms with Gasteiger partial charge in [-0.25, -0.2) is 0 Å². The van der Waals surface area contributed by atoms with Crippen LogP contribution in [0.2, 0.25) is 0 Å². The second kappa shape index (κ2) is 10.3. The zero-order chi connectivity index (χ0) is 17.4. The van der Waals surface area contributed by atoms with Gasteiger partial charge in [-0.05, 0) is 75.0 Å². The molecule has 0 bridgehead atoms. The Morgan fingerprint density at radius 2 is 1.21 bits per heavy atom. The molecule has 0 aromatic rings. The van der Waals surface area contributed by atoms with E-state index in [2.05, 4.69) is 37.8 Å². The van der Waals surface area contributed by atoms with Crippen molar-refractivity contribution in [3.8, 4) is 11.8 Å². The Hall–Kier alpha value is -0.700. The normalized spacial score (nSPS) is 39.2. The van der Waals surface area contributed by atoms with E-state index in [1.807, 2.05) is 13.8 Å². The van der Waals surface area contributed by atoms with Gasteiger partial charge < -0.3 is 0 Å². The fraction of sp³-hybridized carbons (Fsp3) is 0.833. The summed E-state index contributed by atoms with van der Waals surface area (Å²) < 4.78 is 0. The summed E-state index contributed by atoms with van der Waals surface area (Å²) in [6.45, 7) is 8.75. The van der Waals surface area contributed by atoms with Crippen molar-refractivity contribution in [1.29, 1.82) is 0 Å². The molecule has 2 unspecified atom stereocenters. The second-order valence-corrected chi connectivity index (χ2v) is 8.47.